The van der Waals surface area contributed by atoms with Gasteiger partial charge in [-0.2, -0.15) is 0 Å². The average Bonchev–Trinajstić information content (AvgIpc) is 3.32. The van der Waals surface area contributed by atoms with Crippen LogP contribution >= 0.6 is 11.8 Å². The second-order valence-electron chi connectivity index (χ2n) is 8.57. The monoisotopic (exact) mass is 477 g/mol. The number of aryl methyl sites for hydroxylation is 1. The lowest BCUT2D eigenvalue weighted by molar-refractivity contribution is -0.119. The minimum Gasteiger partial charge on any atom is -0.350 e. The SMILES string of the molecule is CCn1c(SCC(=O)NC2CS(=O)(=O)CC2N2CCCCC2)nnc1-c1ccccc1C. The van der Waals surface area contributed by atoms with E-state index in [-0.39, 0.29) is 35.2 Å². The van der Waals surface area contributed by atoms with Crippen molar-refractivity contribution in [3.05, 3.63) is 29.8 Å². The highest BCUT2D eigenvalue weighted by Gasteiger charge is 2.41. The summed E-state index contributed by atoms with van der Waals surface area (Å²) in [5, 5.41) is 12.4. The van der Waals surface area contributed by atoms with E-state index in [1.54, 1.807) is 0 Å². The summed E-state index contributed by atoms with van der Waals surface area (Å²) < 4.78 is 26.6. The summed E-state index contributed by atoms with van der Waals surface area (Å²) in [6.07, 6.45) is 3.36. The van der Waals surface area contributed by atoms with Crippen molar-refractivity contribution >= 4 is 27.5 Å². The van der Waals surface area contributed by atoms with E-state index in [1.165, 1.54) is 18.2 Å². The van der Waals surface area contributed by atoms with Gasteiger partial charge in [-0.15, -0.1) is 10.2 Å². The fourth-order valence-corrected chi connectivity index (χ4v) is 7.42. The molecule has 2 fully saturated rings. The highest BCUT2D eigenvalue weighted by Crippen LogP contribution is 2.27. The fraction of sp³-hybridized carbons (Fsp3) is 0.591. The molecule has 2 saturated heterocycles. The molecule has 3 heterocycles. The van der Waals surface area contributed by atoms with Crippen molar-refractivity contribution in [1.29, 1.82) is 0 Å². The van der Waals surface area contributed by atoms with Gasteiger partial charge in [0.25, 0.3) is 0 Å². The quantitative estimate of drug-likeness (QED) is 0.610. The topological polar surface area (TPSA) is 97.2 Å². The van der Waals surface area contributed by atoms with Crippen molar-refractivity contribution < 1.29 is 13.2 Å². The van der Waals surface area contributed by atoms with Gasteiger partial charge in [0.15, 0.2) is 20.8 Å². The summed E-state index contributed by atoms with van der Waals surface area (Å²) >= 11 is 1.34. The van der Waals surface area contributed by atoms with E-state index in [4.69, 9.17) is 0 Å². The van der Waals surface area contributed by atoms with Crippen LogP contribution in [-0.4, -0.2) is 76.4 Å². The normalized spacial score (nSPS) is 23.3. The molecule has 2 aliphatic rings. The third kappa shape index (κ3) is 5.18. The Labute approximate surface area is 194 Å². The van der Waals surface area contributed by atoms with Crippen molar-refractivity contribution in [2.45, 2.75) is 56.9 Å². The number of nitrogens with one attached hydrogen (secondary N) is 1. The van der Waals surface area contributed by atoms with Gasteiger partial charge in [0.1, 0.15) is 0 Å². The predicted molar refractivity (Wildman–Crippen MR) is 126 cm³/mol. The van der Waals surface area contributed by atoms with E-state index in [0.29, 0.717) is 11.7 Å². The Kier molecular flexibility index (Phi) is 7.21. The Morgan fingerprint density at radius 2 is 1.91 bits per heavy atom. The van der Waals surface area contributed by atoms with Gasteiger partial charge >= 0.3 is 0 Å². The number of likely N-dealkylation sites (tertiary alicyclic amines) is 1. The highest BCUT2D eigenvalue weighted by molar-refractivity contribution is 7.99. The smallest absolute Gasteiger partial charge is 0.230 e. The molecule has 1 amide bonds. The third-order valence-corrected chi connectivity index (χ3v) is 8.96. The van der Waals surface area contributed by atoms with Crippen molar-refractivity contribution in [2.75, 3.05) is 30.3 Å². The second-order valence-corrected chi connectivity index (χ2v) is 11.7. The zero-order valence-electron chi connectivity index (χ0n) is 18.7. The first-order valence-corrected chi connectivity index (χ1v) is 14.0. The lowest BCUT2D eigenvalue weighted by atomic mass is 10.1. The van der Waals surface area contributed by atoms with Crippen LogP contribution in [-0.2, 0) is 21.2 Å². The Morgan fingerprint density at radius 3 is 2.62 bits per heavy atom. The summed E-state index contributed by atoms with van der Waals surface area (Å²) in [6, 6.07) is 7.56. The molecular formula is C22H31N5O3S2. The third-order valence-electron chi connectivity index (χ3n) is 6.28. The maximum atomic E-state index is 12.7. The molecule has 8 nitrogen and oxygen atoms in total. The number of aromatic nitrogens is 3. The molecule has 0 bridgehead atoms. The van der Waals surface area contributed by atoms with Crippen LogP contribution in [0.1, 0.15) is 31.7 Å². The Hall–Kier alpha value is -1.91. The minimum atomic E-state index is -3.14. The summed E-state index contributed by atoms with van der Waals surface area (Å²) in [7, 11) is -3.14. The van der Waals surface area contributed by atoms with Gasteiger partial charge in [0, 0.05) is 18.2 Å². The highest BCUT2D eigenvalue weighted by atomic mass is 32.2. The molecule has 1 aromatic carbocycles. The number of sulfone groups is 1. The van der Waals surface area contributed by atoms with Crippen LogP contribution in [0.4, 0.5) is 0 Å². The van der Waals surface area contributed by atoms with Crippen LogP contribution in [0.5, 0.6) is 0 Å². The van der Waals surface area contributed by atoms with Crippen molar-refractivity contribution in [3.63, 3.8) is 0 Å². The maximum Gasteiger partial charge on any atom is 0.230 e. The van der Waals surface area contributed by atoms with E-state index >= 15 is 0 Å². The first kappa shape index (κ1) is 23.3. The summed E-state index contributed by atoms with van der Waals surface area (Å²) in [5.74, 6) is 0.958. The predicted octanol–water partition coefficient (Wildman–Crippen LogP) is 2.13. The number of thioether (sulfide) groups is 1. The number of hydrogen-bond donors (Lipinski definition) is 1. The zero-order chi connectivity index (χ0) is 22.7. The Bertz CT molecular complexity index is 1060. The number of hydrogen-bond acceptors (Lipinski definition) is 7. The number of carbonyl (C=O) groups excluding carboxylic acids is 1. The number of piperidine rings is 1. The first-order chi connectivity index (χ1) is 15.4. The standard InChI is InChI=1S/C22H31N5O3S2/c1-3-27-21(17-10-6-5-9-16(17)2)24-25-22(27)31-13-20(28)23-18-14-32(29,30)15-19(18)26-11-7-4-8-12-26/h5-6,9-10,18-19H,3-4,7-8,11-15H2,1-2H3,(H,23,28). The number of rotatable bonds is 7. The van der Waals surface area contributed by atoms with Crippen molar-refractivity contribution in [2.24, 2.45) is 0 Å². The molecule has 32 heavy (non-hydrogen) atoms. The average molecular weight is 478 g/mol. The molecule has 0 spiro atoms. The molecule has 4 rings (SSSR count). The number of nitrogens with zero attached hydrogens (tertiary/aromatic N) is 4. The molecule has 174 valence electrons. The fourth-order valence-electron chi connectivity index (χ4n) is 4.66. The van der Waals surface area contributed by atoms with Gasteiger partial charge in [-0.05, 0) is 45.3 Å². The van der Waals surface area contributed by atoms with Gasteiger partial charge in [0.2, 0.25) is 5.91 Å². The summed E-state index contributed by atoms with van der Waals surface area (Å²) in [4.78, 5) is 15.0. The lowest BCUT2D eigenvalue weighted by Crippen LogP contribution is -2.52. The van der Waals surface area contributed by atoms with Gasteiger partial charge < -0.3 is 9.88 Å². The van der Waals surface area contributed by atoms with Crippen molar-refractivity contribution in [3.8, 4) is 11.4 Å². The van der Waals surface area contributed by atoms with Gasteiger partial charge in [-0.25, -0.2) is 8.42 Å². The number of amides is 1. The van der Waals surface area contributed by atoms with Gasteiger partial charge in [-0.3, -0.25) is 9.69 Å². The molecule has 10 heteroatoms. The van der Waals surface area contributed by atoms with Gasteiger partial charge in [-0.1, -0.05) is 42.4 Å². The Balaban J connectivity index is 1.41. The number of benzene rings is 1. The zero-order valence-corrected chi connectivity index (χ0v) is 20.3. The molecule has 1 N–H and O–H groups in total. The first-order valence-electron chi connectivity index (χ1n) is 11.2. The van der Waals surface area contributed by atoms with Crippen LogP contribution in [0.15, 0.2) is 29.4 Å². The largest absolute Gasteiger partial charge is 0.350 e. The molecular weight excluding hydrogens is 446 g/mol. The lowest BCUT2D eigenvalue weighted by Gasteiger charge is -2.35. The van der Waals surface area contributed by atoms with E-state index in [1.807, 2.05) is 42.7 Å². The summed E-state index contributed by atoms with van der Waals surface area (Å²) in [6.45, 7) is 6.57. The van der Waals surface area contributed by atoms with Crippen LogP contribution in [0.25, 0.3) is 11.4 Å². The van der Waals surface area contributed by atoms with Crippen LogP contribution < -0.4 is 5.32 Å². The van der Waals surface area contributed by atoms with Crippen LogP contribution in [0.3, 0.4) is 0 Å². The minimum absolute atomic E-state index is 0.0210. The molecule has 0 saturated carbocycles. The van der Waals surface area contributed by atoms with Crippen LogP contribution in [0, 0.1) is 6.92 Å². The Morgan fingerprint density at radius 1 is 1.16 bits per heavy atom. The van der Waals surface area contributed by atoms with Crippen molar-refractivity contribution in [1.82, 2.24) is 25.0 Å². The molecule has 2 unspecified atom stereocenters. The van der Waals surface area contributed by atoms with Crippen LogP contribution in [0.2, 0.25) is 0 Å². The maximum absolute atomic E-state index is 12.7. The van der Waals surface area contributed by atoms with E-state index < -0.39 is 9.84 Å². The molecule has 0 aliphatic carbocycles. The molecule has 0 radical (unpaired) electrons. The summed E-state index contributed by atoms with van der Waals surface area (Å²) in [5.41, 5.74) is 2.15. The van der Waals surface area contributed by atoms with Gasteiger partial charge in [0.05, 0.1) is 23.3 Å². The molecule has 2 atom stereocenters. The molecule has 1 aromatic heterocycles. The number of carbonyl (C=O) groups is 1. The van der Waals surface area contributed by atoms with E-state index in [9.17, 15) is 13.2 Å². The van der Waals surface area contributed by atoms with E-state index in [0.717, 1.165) is 42.9 Å². The molecule has 2 aliphatic heterocycles. The molecule has 2 aromatic rings. The second kappa shape index (κ2) is 9.93. The van der Waals surface area contributed by atoms with E-state index in [2.05, 4.69) is 20.4 Å².